The standard InChI is InChI=1S/C18H18N4O4/c1-9-15(10(2)26-21-9)14-4-3-7-22(14)18(25)11-5-6-12-13(8-11)20-17(24)16(23)19-12/h5-6,8,14H,3-4,7H2,1-2H3,(H,19,23)(H,20,24). The van der Waals surface area contributed by atoms with Gasteiger partial charge in [0, 0.05) is 17.7 Å². The van der Waals surface area contributed by atoms with Crippen molar-refractivity contribution >= 4 is 16.9 Å². The minimum absolute atomic E-state index is 0.0703. The molecule has 1 atom stereocenters. The average molecular weight is 354 g/mol. The molecule has 1 aromatic carbocycles. The fourth-order valence-corrected chi connectivity index (χ4v) is 3.69. The number of carbonyl (C=O) groups excluding carboxylic acids is 1. The van der Waals surface area contributed by atoms with Gasteiger partial charge in [0.05, 0.1) is 22.8 Å². The van der Waals surface area contributed by atoms with Crippen LogP contribution in [0, 0.1) is 13.8 Å². The van der Waals surface area contributed by atoms with Crippen LogP contribution >= 0.6 is 0 Å². The number of nitrogens with one attached hydrogen (secondary N) is 2. The van der Waals surface area contributed by atoms with Crippen molar-refractivity contribution in [1.82, 2.24) is 20.0 Å². The maximum atomic E-state index is 13.1. The molecule has 1 unspecified atom stereocenters. The molecule has 0 bridgehead atoms. The Balaban J connectivity index is 1.72. The van der Waals surface area contributed by atoms with E-state index in [1.165, 1.54) is 0 Å². The number of aryl methyl sites for hydroxylation is 2. The van der Waals surface area contributed by atoms with E-state index in [1.54, 1.807) is 18.2 Å². The van der Waals surface area contributed by atoms with Crippen LogP contribution in [-0.2, 0) is 0 Å². The molecule has 8 heteroatoms. The summed E-state index contributed by atoms with van der Waals surface area (Å²) in [5, 5.41) is 4.00. The first-order valence-corrected chi connectivity index (χ1v) is 8.46. The van der Waals surface area contributed by atoms with Gasteiger partial charge in [-0.05, 0) is 44.9 Å². The Labute approximate surface area is 147 Å². The molecule has 8 nitrogen and oxygen atoms in total. The van der Waals surface area contributed by atoms with Gasteiger partial charge in [0.25, 0.3) is 5.91 Å². The zero-order chi connectivity index (χ0) is 18.4. The molecule has 0 aliphatic carbocycles. The second-order valence-electron chi connectivity index (χ2n) is 6.56. The molecule has 0 saturated carbocycles. The molecule has 0 spiro atoms. The molecule has 3 aromatic rings. The van der Waals surface area contributed by atoms with Crippen molar-refractivity contribution in [1.29, 1.82) is 0 Å². The summed E-state index contributed by atoms with van der Waals surface area (Å²) in [7, 11) is 0. The fourth-order valence-electron chi connectivity index (χ4n) is 3.69. The highest BCUT2D eigenvalue weighted by molar-refractivity contribution is 5.97. The van der Waals surface area contributed by atoms with Gasteiger partial charge < -0.3 is 19.4 Å². The van der Waals surface area contributed by atoms with E-state index < -0.39 is 11.1 Å². The number of nitrogens with zero attached hydrogens (tertiary/aromatic N) is 2. The van der Waals surface area contributed by atoms with Gasteiger partial charge in [0.1, 0.15) is 5.76 Å². The first-order chi connectivity index (χ1) is 12.5. The predicted molar refractivity (Wildman–Crippen MR) is 94.2 cm³/mol. The lowest BCUT2D eigenvalue weighted by atomic mass is 10.0. The highest BCUT2D eigenvalue weighted by atomic mass is 16.5. The average Bonchev–Trinajstić information content (AvgIpc) is 3.21. The molecule has 4 rings (SSSR count). The minimum Gasteiger partial charge on any atom is -0.361 e. The van der Waals surface area contributed by atoms with Crippen LogP contribution in [0.25, 0.3) is 11.0 Å². The maximum absolute atomic E-state index is 13.1. The molecule has 134 valence electrons. The van der Waals surface area contributed by atoms with E-state index in [9.17, 15) is 14.4 Å². The molecule has 3 heterocycles. The van der Waals surface area contributed by atoms with Gasteiger partial charge >= 0.3 is 11.1 Å². The molecule has 1 fully saturated rings. The van der Waals surface area contributed by atoms with E-state index in [0.29, 0.717) is 23.1 Å². The van der Waals surface area contributed by atoms with E-state index in [0.717, 1.165) is 29.9 Å². The largest absolute Gasteiger partial charge is 0.361 e. The molecule has 0 radical (unpaired) electrons. The van der Waals surface area contributed by atoms with Gasteiger partial charge in [-0.2, -0.15) is 0 Å². The van der Waals surface area contributed by atoms with Gasteiger partial charge in [-0.1, -0.05) is 5.16 Å². The second kappa shape index (κ2) is 5.98. The molecule has 1 aliphatic rings. The number of rotatable bonds is 2. The number of fused-ring (bicyclic) bond motifs is 1. The van der Waals surface area contributed by atoms with Crippen LogP contribution in [0.15, 0.2) is 32.3 Å². The third kappa shape index (κ3) is 2.54. The number of amides is 1. The predicted octanol–water partition coefficient (Wildman–Crippen LogP) is 1.80. The second-order valence-corrected chi connectivity index (χ2v) is 6.56. The monoisotopic (exact) mass is 354 g/mol. The van der Waals surface area contributed by atoms with Crippen molar-refractivity contribution in [2.75, 3.05) is 6.54 Å². The summed E-state index contributed by atoms with van der Waals surface area (Å²) in [6.07, 6.45) is 1.75. The summed E-state index contributed by atoms with van der Waals surface area (Å²) in [5.41, 5.74) is 1.68. The number of carbonyl (C=O) groups is 1. The lowest BCUT2D eigenvalue weighted by Crippen LogP contribution is -2.31. The van der Waals surface area contributed by atoms with Crippen LogP contribution in [0.2, 0.25) is 0 Å². The van der Waals surface area contributed by atoms with Crippen molar-refractivity contribution in [2.45, 2.75) is 32.7 Å². The summed E-state index contributed by atoms with van der Waals surface area (Å²) >= 11 is 0. The molecular formula is C18H18N4O4. The van der Waals surface area contributed by atoms with Crippen LogP contribution in [0.1, 0.15) is 46.3 Å². The van der Waals surface area contributed by atoms with Gasteiger partial charge in [0.15, 0.2) is 0 Å². The van der Waals surface area contributed by atoms with Gasteiger partial charge in [-0.3, -0.25) is 14.4 Å². The normalized spacial score (nSPS) is 17.2. The van der Waals surface area contributed by atoms with Crippen LogP contribution in [0.4, 0.5) is 0 Å². The third-order valence-electron chi connectivity index (χ3n) is 4.90. The first kappa shape index (κ1) is 16.3. The van der Waals surface area contributed by atoms with Crippen LogP contribution in [0.3, 0.4) is 0 Å². The Kier molecular flexibility index (Phi) is 3.75. The molecule has 26 heavy (non-hydrogen) atoms. The molecule has 2 aromatic heterocycles. The van der Waals surface area contributed by atoms with Crippen molar-refractivity contribution in [3.63, 3.8) is 0 Å². The topological polar surface area (TPSA) is 112 Å². The molecule has 1 amide bonds. The minimum atomic E-state index is -0.739. The summed E-state index contributed by atoms with van der Waals surface area (Å²) in [6, 6.07) is 4.80. The molecular weight excluding hydrogens is 336 g/mol. The molecule has 1 saturated heterocycles. The maximum Gasteiger partial charge on any atom is 0.314 e. The van der Waals surface area contributed by atoms with Gasteiger partial charge in [-0.25, -0.2) is 0 Å². The number of aromatic amines is 2. The van der Waals surface area contributed by atoms with Crippen molar-refractivity contribution in [3.05, 3.63) is 61.5 Å². The Morgan fingerprint density at radius 2 is 1.92 bits per heavy atom. The summed E-state index contributed by atoms with van der Waals surface area (Å²) in [5.74, 6) is 0.606. The number of benzene rings is 1. The first-order valence-electron chi connectivity index (χ1n) is 8.46. The zero-order valence-electron chi connectivity index (χ0n) is 14.5. The summed E-state index contributed by atoms with van der Waals surface area (Å²) in [4.78, 5) is 42.8. The van der Waals surface area contributed by atoms with Crippen molar-refractivity contribution in [2.24, 2.45) is 0 Å². The van der Waals surface area contributed by atoms with Crippen molar-refractivity contribution < 1.29 is 9.32 Å². The Morgan fingerprint density at radius 3 is 2.62 bits per heavy atom. The Morgan fingerprint density at radius 1 is 1.19 bits per heavy atom. The number of hydrogen-bond donors (Lipinski definition) is 2. The number of H-pyrrole nitrogens is 2. The van der Waals surface area contributed by atoms with Crippen molar-refractivity contribution in [3.8, 4) is 0 Å². The smallest absolute Gasteiger partial charge is 0.314 e. The van der Waals surface area contributed by atoms with Gasteiger partial charge in [0.2, 0.25) is 0 Å². The number of hydrogen-bond acceptors (Lipinski definition) is 5. The summed E-state index contributed by atoms with van der Waals surface area (Å²) in [6.45, 7) is 4.38. The van der Waals surface area contributed by atoms with E-state index in [-0.39, 0.29) is 11.9 Å². The number of aromatic nitrogens is 3. The highest BCUT2D eigenvalue weighted by Gasteiger charge is 2.34. The third-order valence-corrected chi connectivity index (χ3v) is 4.90. The van der Waals surface area contributed by atoms with E-state index in [1.807, 2.05) is 18.7 Å². The van der Waals surface area contributed by atoms with E-state index in [4.69, 9.17) is 4.52 Å². The molecule has 1 aliphatic heterocycles. The zero-order valence-corrected chi connectivity index (χ0v) is 14.5. The Hall–Kier alpha value is -3.16. The lowest BCUT2D eigenvalue weighted by molar-refractivity contribution is 0.0735. The lowest BCUT2D eigenvalue weighted by Gasteiger charge is -2.25. The molecule has 2 N–H and O–H groups in total. The fraction of sp³-hybridized carbons (Fsp3) is 0.333. The van der Waals surface area contributed by atoms with E-state index >= 15 is 0 Å². The van der Waals surface area contributed by atoms with Gasteiger partial charge in [-0.15, -0.1) is 0 Å². The SMILES string of the molecule is Cc1noc(C)c1C1CCCN1C(=O)c1ccc2[nH]c(=O)c(=O)[nH]c2c1. The highest BCUT2D eigenvalue weighted by Crippen LogP contribution is 2.36. The van der Waals surface area contributed by atoms with Crippen LogP contribution in [-0.4, -0.2) is 32.5 Å². The Bertz CT molecular complexity index is 1100. The van der Waals surface area contributed by atoms with Crippen LogP contribution < -0.4 is 11.1 Å². The van der Waals surface area contributed by atoms with Crippen LogP contribution in [0.5, 0.6) is 0 Å². The quantitative estimate of drug-likeness (QED) is 0.682. The number of likely N-dealkylation sites (tertiary alicyclic amines) is 1. The summed E-state index contributed by atoms with van der Waals surface area (Å²) < 4.78 is 5.26. The van der Waals surface area contributed by atoms with E-state index in [2.05, 4.69) is 15.1 Å².